The Morgan fingerprint density at radius 3 is 2.74 bits per heavy atom. The lowest BCUT2D eigenvalue weighted by atomic mass is 10.0. The normalized spacial score (nSPS) is 12.5. The highest BCUT2D eigenvalue weighted by molar-refractivity contribution is 7.15. The maximum Gasteiger partial charge on any atom is 0.144 e. The number of thiazole rings is 1. The van der Waals surface area contributed by atoms with E-state index in [1.165, 1.54) is 5.56 Å². The Morgan fingerprint density at radius 2 is 1.91 bits per heavy atom. The minimum Gasteiger partial charge on any atom is -0.299 e. The van der Waals surface area contributed by atoms with E-state index in [-0.39, 0.29) is 5.78 Å². The van der Waals surface area contributed by atoms with Gasteiger partial charge in [0.15, 0.2) is 0 Å². The minimum absolute atomic E-state index is 0.159. The van der Waals surface area contributed by atoms with Crippen molar-refractivity contribution in [2.24, 2.45) is 4.99 Å². The van der Waals surface area contributed by atoms with Crippen LogP contribution in [0.1, 0.15) is 38.6 Å². The lowest BCUT2D eigenvalue weighted by molar-refractivity contribution is -0.117. The Balaban J connectivity index is 1.30. The van der Waals surface area contributed by atoms with Crippen molar-refractivity contribution in [1.82, 2.24) is 9.97 Å². The van der Waals surface area contributed by atoms with Gasteiger partial charge in [0.25, 0.3) is 0 Å². The van der Waals surface area contributed by atoms with E-state index in [2.05, 4.69) is 29.8 Å². The fourth-order valence-electron chi connectivity index (χ4n) is 4.29. The number of ketones is 1. The summed E-state index contributed by atoms with van der Waals surface area (Å²) in [4.78, 5) is 27.6. The van der Waals surface area contributed by atoms with Crippen molar-refractivity contribution in [1.29, 1.82) is 0 Å². The first-order chi connectivity index (χ1) is 17.1. The fourth-order valence-corrected chi connectivity index (χ4v) is 5.38. The number of aromatic nitrogens is 2. The lowest BCUT2D eigenvalue weighted by Gasteiger charge is -2.04. The number of Topliss-reactive ketones (excluding diaryl/α,β-unsaturated/α-hetero) is 1. The molecule has 0 atom stereocenters. The fraction of sp³-hybridized carbons (Fsp3) is 0.133. The average molecular weight is 476 g/mol. The topological polar surface area (TPSA) is 55.2 Å². The number of pyridine rings is 1. The van der Waals surface area contributed by atoms with Gasteiger partial charge in [-0.1, -0.05) is 55.1 Å². The van der Waals surface area contributed by atoms with Crippen LogP contribution in [0.25, 0.3) is 22.6 Å². The molecule has 3 heterocycles. The number of rotatable bonds is 8. The van der Waals surface area contributed by atoms with Gasteiger partial charge in [0, 0.05) is 18.2 Å². The third-order valence-electron chi connectivity index (χ3n) is 6.01. The molecule has 0 unspecified atom stereocenters. The Morgan fingerprint density at radius 1 is 1.06 bits per heavy atom. The SMILES string of the molecule is C=Cc1ccccc1CC(=O)Cc1nc(C)c(-c2ccc3c(c2)CN=C3/C=C/c2ccccn2)s1. The molecule has 0 N–H and O–H groups in total. The molecule has 4 nitrogen and oxygen atoms in total. The predicted molar refractivity (Wildman–Crippen MR) is 145 cm³/mol. The molecule has 172 valence electrons. The molecule has 5 heteroatoms. The Kier molecular flexibility index (Phi) is 6.59. The Labute approximate surface area is 209 Å². The van der Waals surface area contributed by atoms with Crippen LogP contribution in [0.3, 0.4) is 0 Å². The molecule has 5 rings (SSSR count). The third kappa shape index (κ3) is 5.10. The number of hydrogen-bond donors (Lipinski definition) is 0. The average Bonchev–Trinajstić information content (AvgIpc) is 3.45. The predicted octanol–water partition coefficient (Wildman–Crippen LogP) is 6.53. The molecule has 0 bridgehead atoms. The maximum absolute atomic E-state index is 12.8. The zero-order valence-corrected chi connectivity index (χ0v) is 20.4. The van der Waals surface area contributed by atoms with Gasteiger partial charge in [0.2, 0.25) is 0 Å². The first-order valence-corrected chi connectivity index (χ1v) is 12.4. The second kappa shape index (κ2) is 10.1. The standard InChI is InChI=1S/C30H25N3OS/c1-3-21-8-4-5-9-22(21)17-26(34)18-29-33-20(2)30(35-29)23-11-13-27-24(16-23)19-32-28(27)14-12-25-10-6-7-15-31-25/h3-16H,1,17-19H2,2H3/b14-12+. The number of benzene rings is 2. The van der Waals surface area contributed by atoms with Gasteiger partial charge in [0.1, 0.15) is 10.8 Å². The summed E-state index contributed by atoms with van der Waals surface area (Å²) in [6.07, 6.45) is 8.34. The molecule has 2 aromatic carbocycles. The zero-order chi connectivity index (χ0) is 24.2. The number of hydrogen-bond acceptors (Lipinski definition) is 5. The second-order valence-corrected chi connectivity index (χ2v) is 9.56. The second-order valence-electron chi connectivity index (χ2n) is 8.48. The summed E-state index contributed by atoms with van der Waals surface area (Å²) < 4.78 is 0. The van der Waals surface area contributed by atoms with Crippen molar-refractivity contribution < 1.29 is 4.79 Å². The molecular weight excluding hydrogens is 450 g/mol. The van der Waals surface area contributed by atoms with Crippen LogP contribution in [0.4, 0.5) is 0 Å². The number of carbonyl (C=O) groups is 1. The molecule has 0 radical (unpaired) electrons. The Bertz CT molecular complexity index is 1460. The third-order valence-corrected chi connectivity index (χ3v) is 7.22. The van der Waals surface area contributed by atoms with Gasteiger partial charge in [-0.3, -0.25) is 14.8 Å². The van der Waals surface area contributed by atoms with E-state index in [1.54, 1.807) is 23.6 Å². The van der Waals surface area contributed by atoms with Crippen LogP contribution in [-0.2, 0) is 24.2 Å². The van der Waals surface area contributed by atoms with Crippen LogP contribution >= 0.6 is 11.3 Å². The summed E-state index contributed by atoms with van der Waals surface area (Å²) in [7, 11) is 0. The van der Waals surface area contributed by atoms with Crippen LogP contribution in [0.5, 0.6) is 0 Å². The molecule has 0 saturated carbocycles. The molecule has 0 saturated heterocycles. The van der Waals surface area contributed by atoms with Crippen LogP contribution in [0.15, 0.2) is 84.5 Å². The molecule has 0 spiro atoms. The number of aliphatic imine (C=N–C) groups is 1. The first kappa shape index (κ1) is 22.8. The van der Waals surface area contributed by atoms with Gasteiger partial charge >= 0.3 is 0 Å². The van der Waals surface area contributed by atoms with Crippen LogP contribution in [0.2, 0.25) is 0 Å². The molecular formula is C30H25N3OS. The summed E-state index contributed by atoms with van der Waals surface area (Å²) in [5.41, 5.74) is 8.34. The molecule has 0 amide bonds. The monoisotopic (exact) mass is 475 g/mol. The summed E-state index contributed by atoms with van der Waals surface area (Å²) in [6.45, 7) is 6.52. The zero-order valence-electron chi connectivity index (χ0n) is 19.6. The maximum atomic E-state index is 12.8. The van der Waals surface area contributed by atoms with Crippen molar-refractivity contribution in [3.8, 4) is 10.4 Å². The molecule has 1 aliphatic heterocycles. The van der Waals surface area contributed by atoms with E-state index in [0.717, 1.165) is 49.2 Å². The van der Waals surface area contributed by atoms with Gasteiger partial charge in [-0.05, 0) is 59.5 Å². The lowest BCUT2D eigenvalue weighted by Crippen LogP contribution is -2.07. The number of allylic oxidation sites excluding steroid dienone is 1. The molecule has 4 aromatic rings. The number of nitrogens with zero attached hydrogens (tertiary/aromatic N) is 3. The smallest absolute Gasteiger partial charge is 0.144 e. The first-order valence-electron chi connectivity index (χ1n) is 11.6. The van der Waals surface area contributed by atoms with Crippen LogP contribution in [0, 0.1) is 6.92 Å². The molecule has 35 heavy (non-hydrogen) atoms. The van der Waals surface area contributed by atoms with Crippen molar-refractivity contribution in [2.75, 3.05) is 0 Å². The van der Waals surface area contributed by atoms with E-state index < -0.39 is 0 Å². The van der Waals surface area contributed by atoms with E-state index in [1.807, 2.05) is 61.5 Å². The van der Waals surface area contributed by atoms with Crippen molar-refractivity contribution in [3.63, 3.8) is 0 Å². The molecule has 1 aliphatic rings. The Hall–Kier alpha value is -3.96. The summed E-state index contributed by atoms with van der Waals surface area (Å²) in [5.74, 6) is 0.159. The molecule has 0 aliphatic carbocycles. The quantitative estimate of drug-likeness (QED) is 0.291. The largest absolute Gasteiger partial charge is 0.299 e. The van der Waals surface area contributed by atoms with E-state index in [9.17, 15) is 4.79 Å². The van der Waals surface area contributed by atoms with Gasteiger partial charge in [-0.15, -0.1) is 11.3 Å². The van der Waals surface area contributed by atoms with Crippen molar-refractivity contribution >= 4 is 35.0 Å². The summed E-state index contributed by atoms with van der Waals surface area (Å²) in [6, 6.07) is 20.2. The van der Waals surface area contributed by atoms with Crippen molar-refractivity contribution in [3.05, 3.63) is 118 Å². The number of fused-ring (bicyclic) bond motifs is 1. The molecule has 0 fully saturated rings. The van der Waals surface area contributed by atoms with Crippen LogP contribution < -0.4 is 0 Å². The highest BCUT2D eigenvalue weighted by Crippen LogP contribution is 2.33. The summed E-state index contributed by atoms with van der Waals surface area (Å²) in [5, 5.41) is 0.856. The van der Waals surface area contributed by atoms with Gasteiger partial charge in [-0.25, -0.2) is 4.98 Å². The van der Waals surface area contributed by atoms with Gasteiger partial charge in [0.05, 0.1) is 34.9 Å². The van der Waals surface area contributed by atoms with Crippen LogP contribution in [-0.4, -0.2) is 21.5 Å². The highest BCUT2D eigenvalue weighted by Gasteiger charge is 2.18. The van der Waals surface area contributed by atoms with Crippen molar-refractivity contribution in [2.45, 2.75) is 26.3 Å². The minimum atomic E-state index is 0.159. The van der Waals surface area contributed by atoms with Gasteiger partial charge < -0.3 is 0 Å². The van der Waals surface area contributed by atoms with E-state index in [4.69, 9.17) is 9.98 Å². The summed E-state index contributed by atoms with van der Waals surface area (Å²) >= 11 is 1.60. The highest BCUT2D eigenvalue weighted by atomic mass is 32.1. The van der Waals surface area contributed by atoms with Gasteiger partial charge in [-0.2, -0.15) is 0 Å². The number of carbonyl (C=O) groups excluding carboxylic acids is 1. The number of aryl methyl sites for hydroxylation is 1. The van der Waals surface area contributed by atoms with E-state index >= 15 is 0 Å². The van der Waals surface area contributed by atoms with E-state index in [0.29, 0.717) is 19.4 Å². The molecule has 2 aromatic heterocycles.